The number of nitrogens with zero attached hydrogens (tertiary/aromatic N) is 4. The van der Waals surface area contributed by atoms with Crippen LogP contribution in [0.4, 0.5) is 0 Å². The van der Waals surface area contributed by atoms with Crippen LogP contribution in [-0.2, 0) is 47.9 Å². The molecule has 0 aromatic heterocycles. The van der Waals surface area contributed by atoms with Crippen LogP contribution in [-0.4, -0.2) is 180 Å². The number of aliphatic hydroxyl groups excluding tert-OH is 1. The van der Waals surface area contributed by atoms with Gasteiger partial charge < -0.3 is 68.5 Å². The number of likely N-dealkylation sites (tertiary alicyclic amines) is 1. The summed E-state index contributed by atoms with van der Waals surface area (Å²) in [4.78, 5) is 140. The molecule has 10 amide bonds. The number of aliphatic imine (C=N–C) groups is 1. The van der Waals surface area contributed by atoms with Crippen molar-refractivity contribution in [2.45, 2.75) is 156 Å². The van der Waals surface area contributed by atoms with Crippen LogP contribution in [0.2, 0.25) is 0 Å². The summed E-state index contributed by atoms with van der Waals surface area (Å²) in [6.07, 6.45) is 0.837. The summed E-state index contributed by atoms with van der Waals surface area (Å²) >= 11 is 0. The third kappa shape index (κ3) is 19.3. The second-order valence-electron chi connectivity index (χ2n) is 17.6. The Hall–Kier alpha value is -6.07. The molecule has 24 heteroatoms. The molecule has 0 radical (unpaired) electrons. The number of carbonyl (C=O) groups is 10. The van der Waals surface area contributed by atoms with Crippen LogP contribution in [0.5, 0.6) is 0 Å². The molecule has 1 aliphatic rings. The summed E-state index contributed by atoms with van der Waals surface area (Å²) in [5.74, 6) is -7.43. The molecule has 68 heavy (non-hydrogen) atoms. The summed E-state index contributed by atoms with van der Waals surface area (Å²) in [7, 11) is 2.78. The highest BCUT2D eigenvalue weighted by molar-refractivity contribution is 5.98. The highest BCUT2D eigenvalue weighted by Crippen LogP contribution is 2.20. The number of likely N-dealkylation sites (N-methyl/N-ethyl adjacent to an activating group) is 3. The first-order valence-corrected chi connectivity index (χ1v) is 23.4. The zero-order valence-electron chi connectivity index (χ0n) is 41.7. The molecule has 0 spiro atoms. The van der Waals surface area contributed by atoms with Crippen LogP contribution in [0.1, 0.15) is 107 Å². The Morgan fingerprint density at radius 1 is 0.750 bits per heavy atom. The van der Waals surface area contributed by atoms with Gasteiger partial charge in [0, 0.05) is 40.7 Å². The Balaban J connectivity index is 3.21. The minimum absolute atomic E-state index is 0.0960. The lowest BCUT2D eigenvalue weighted by Crippen LogP contribution is -2.62. The van der Waals surface area contributed by atoms with Gasteiger partial charge in [0.2, 0.25) is 59.1 Å². The lowest BCUT2D eigenvalue weighted by atomic mass is 9.96. The van der Waals surface area contributed by atoms with Crippen LogP contribution in [0.25, 0.3) is 0 Å². The van der Waals surface area contributed by atoms with Crippen molar-refractivity contribution in [2.75, 3.05) is 46.8 Å². The van der Waals surface area contributed by atoms with Crippen molar-refractivity contribution in [3.8, 4) is 0 Å². The van der Waals surface area contributed by atoms with E-state index in [1.54, 1.807) is 41.5 Å². The van der Waals surface area contributed by atoms with Gasteiger partial charge >= 0.3 is 0 Å². The number of amides is 10. The predicted molar refractivity (Wildman–Crippen MR) is 252 cm³/mol. The fourth-order valence-corrected chi connectivity index (χ4v) is 7.18. The maximum Gasteiger partial charge on any atom is 0.245 e. The molecule has 0 bridgehead atoms. The number of nitrogens with two attached hydrogens (primary N) is 2. The van der Waals surface area contributed by atoms with Gasteiger partial charge in [-0.2, -0.15) is 0 Å². The predicted octanol–water partition coefficient (Wildman–Crippen LogP) is -3.08. The number of guanidine groups is 1. The molecule has 0 aromatic rings. The smallest absolute Gasteiger partial charge is 0.245 e. The quantitative estimate of drug-likeness (QED) is 0.0212. The van der Waals surface area contributed by atoms with Crippen LogP contribution in [0.3, 0.4) is 0 Å². The molecule has 0 aromatic carbocycles. The van der Waals surface area contributed by atoms with Gasteiger partial charge in [-0.25, -0.2) is 0 Å². The van der Waals surface area contributed by atoms with Gasteiger partial charge in [-0.3, -0.25) is 52.9 Å². The molecule has 0 aliphatic carbocycles. The molecular formula is C44H79N13O11. The minimum atomic E-state index is -1.62. The summed E-state index contributed by atoms with van der Waals surface area (Å²) < 4.78 is 0. The minimum Gasteiger partial charge on any atom is -0.391 e. The molecule has 1 saturated heterocycles. The van der Waals surface area contributed by atoms with E-state index >= 15 is 0 Å². The first kappa shape index (κ1) is 59.9. The van der Waals surface area contributed by atoms with E-state index in [2.05, 4.69) is 42.2 Å². The maximum atomic E-state index is 14.0. The molecule has 9 atom stereocenters. The highest BCUT2D eigenvalue weighted by atomic mass is 16.3. The zero-order valence-corrected chi connectivity index (χ0v) is 41.7. The second kappa shape index (κ2) is 29.6. The highest BCUT2D eigenvalue weighted by Gasteiger charge is 2.40. The topological polar surface area (TPSA) is 349 Å². The zero-order chi connectivity index (χ0) is 52.0. The maximum absolute atomic E-state index is 14.0. The molecule has 1 fully saturated rings. The number of aliphatic hydroxyl groups is 1. The van der Waals surface area contributed by atoms with Crippen molar-refractivity contribution in [1.82, 2.24) is 51.9 Å². The number of rotatable bonds is 28. The molecule has 0 saturated carbocycles. The summed E-state index contributed by atoms with van der Waals surface area (Å²) in [6, 6.07) is -8.24. The molecule has 12 N–H and O–H groups in total. The molecule has 386 valence electrons. The van der Waals surface area contributed by atoms with Crippen LogP contribution >= 0.6 is 0 Å². The lowest BCUT2D eigenvalue weighted by Gasteiger charge is -2.33. The van der Waals surface area contributed by atoms with E-state index in [1.807, 2.05) is 0 Å². The van der Waals surface area contributed by atoms with Crippen LogP contribution in [0, 0.1) is 11.8 Å². The molecule has 1 aliphatic heterocycles. The van der Waals surface area contributed by atoms with E-state index in [0.29, 0.717) is 45.2 Å². The van der Waals surface area contributed by atoms with E-state index in [9.17, 15) is 53.1 Å². The Morgan fingerprint density at radius 3 is 1.88 bits per heavy atom. The van der Waals surface area contributed by atoms with E-state index < -0.39 is 114 Å². The van der Waals surface area contributed by atoms with E-state index in [0.717, 1.165) is 9.80 Å². The third-order valence-corrected chi connectivity index (χ3v) is 11.7. The average molecular weight is 966 g/mol. The van der Waals surface area contributed by atoms with Gasteiger partial charge in [0.25, 0.3) is 0 Å². The molecule has 1 rings (SSSR count). The van der Waals surface area contributed by atoms with Gasteiger partial charge in [0.15, 0.2) is 5.96 Å². The third-order valence-electron chi connectivity index (χ3n) is 11.7. The van der Waals surface area contributed by atoms with Crippen molar-refractivity contribution in [3.63, 3.8) is 0 Å². The standard InChI is InChI=1S/C44H79N13O11/c1-12-17-29(42(67)56(11)26(7)37(62)50-30(18-15-20-48-44(45)46)43(68)57-21-16-19-31(57)38(63)47-14-3)51-41(66)36(27(8)58)54-40(65)35(25(6)13-2)53-39(64)34(24(4)5)52-32(60)22-49-33(61)23-55(10)28(9)59/h24-27,29-31,34-36,58H,12-23H2,1-11H3,(H,47,63)(H,49,61)(H,50,62)(H,51,66)(H,52,60)(H,53,64)(H,54,65)(H4,45,46,48)/t25?,26-,27?,29-,30-,31-,34-,35+,36-/m0/s1. The molecular weight excluding hydrogens is 887 g/mol. The van der Waals surface area contributed by atoms with Gasteiger partial charge in [0.05, 0.1) is 19.2 Å². The van der Waals surface area contributed by atoms with Gasteiger partial charge in [-0.1, -0.05) is 47.5 Å². The van der Waals surface area contributed by atoms with Crippen LogP contribution in [0.15, 0.2) is 4.99 Å². The first-order valence-electron chi connectivity index (χ1n) is 23.4. The monoisotopic (exact) mass is 966 g/mol. The lowest BCUT2D eigenvalue weighted by molar-refractivity contribution is -0.144. The fourth-order valence-electron chi connectivity index (χ4n) is 7.18. The van der Waals surface area contributed by atoms with Crippen molar-refractivity contribution in [3.05, 3.63) is 0 Å². The van der Waals surface area contributed by atoms with Gasteiger partial charge in [-0.15, -0.1) is 0 Å². The summed E-state index contributed by atoms with van der Waals surface area (Å²) in [5.41, 5.74) is 10.9. The molecule has 1 heterocycles. The van der Waals surface area contributed by atoms with E-state index in [-0.39, 0.29) is 43.7 Å². The van der Waals surface area contributed by atoms with Crippen LogP contribution < -0.4 is 48.7 Å². The fraction of sp³-hybridized carbons (Fsp3) is 0.750. The van der Waals surface area contributed by atoms with Crippen molar-refractivity contribution in [1.29, 1.82) is 0 Å². The van der Waals surface area contributed by atoms with Crippen molar-refractivity contribution in [2.24, 2.45) is 28.3 Å². The second-order valence-corrected chi connectivity index (χ2v) is 17.6. The summed E-state index contributed by atoms with van der Waals surface area (Å²) in [6.45, 7) is 14.4. The Labute approximate surface area is 400 Å². The number of hydrogen-bond donors (Lipinski definition) is 10. The van der Waals surface area contributed by atoms with E-state index in [4.69, 9.17) is 11.5 Å². The Bertz CT molecular complexity index is 1790. The van der Waals surface area contributed by atoms with E-state index in [1.165, 1.54) is 39.8 Å². The summed E-state index contributed by atoms with van der Waals surface area (Å²) in [5, 5.41) is 29.0. The van der Waals surface area contributed by atoms with Gasteiger partial charge in [-0.05, 0) is 64.7 Å². The number of hydrogen-bond acceptors (Lipinski definition) is 12. The van der Waals surface area contributed by atoms with Crippen molar-refractivity contribution < 1.29 is 53.1 Å². The Morgan fingerprint density at radius 2 is 1.34 bits per heavy atom. The van der Waals surface area contributed by atoms with Gasteiger partial charge in [0.1, 0.15) is 42.3 Å². The molecule has 24 nitrogen and oxygen atoms in total. The normalized spacial score (nSPS) is 16.8. The number of nitrogens with one attached hydrogen (secondary N) is 7. The SMILES string of the molecule is CCC[C@H](NC(=O)[C@@H](NC(=O)[C@H](NC(=O)[C@@H](NC(=O)CNC(=O)CN(C)C(C)=O)C(C)C)C(C)CC)C(C)O)C(=O)N(C)[C@@H](C)C(=O)N[C@@H](CCCN=C(N)N)C(=O)N1CCC[C@H]1C(=O)NCC. The number of carbonyl (C=O) groups excluding carboxylic acids is 10. The Kier molecular flexibility index (Phi) is 26.1. The van der Waals surface area contributed by atoms with Crippen molar-refractivity contribution >= 4 is 65.0 Å². The largest absolute Gasteiger partial charge is 0.391 e. The molecule has 2 unspecified atom stereocenters. The average Bonchev–Trinajstić information content (AvgIpc) is 3.78. The first-order chi connectivity index (χ1) is 31.8.